The van der Waals surface area contributed by atoms with Gasteiger partial charge in [-0.25, -0.2) is 4.68 Å². The molecule has 1 N–H and O–H groups in total. The molecular weight excluding hydrogens is 142 g/mol. The van der Waals surface area contributed by atoms with E-state index < -0.39 is 0 Å². The zero-order valence-electron chi connectivity index (χ0n) is 6.86. The lowest BCUT2D eigenvalue weighted by molar-refractivity contribution is 0.199. The lowest BCUT2D eigenvalue weighted by Crippen LogP contribution is -2.28. The Morgan fingerprint density at radius 1 is 1.55 bits per heavy atom. The van der Waals surface area contributed by atoms with E-state index in [-0.39, 0.29) is 12.1 Å². The molecule has 0 fully saturated rings. The number of aliphatic hydroxyl groups excluding tert-OH is 1. The molecule has 0 aliphatic rings. The molecule has 1 heterocycles. The van der Waals surface area contributed by atoms with E-state index >= 15 is 0 Å². The molecule has 0 aromatic carbocycles. The molecule has 1 rings (SSSR count). The van der Waals surface area contributed by atoms with Crippen LogP contribution in [0.4, 0.5) is 0 Å². The first kappa shape index (κ1) is 8.20. The Kier molecular flexibility index (Phi) is 2.24. The van der Waals surface area contributed by atoms with Crippen LogP contribution in [0.2, 0.25) is 0 Å². The number of rotatable bonds is 3. The molecular formula is C7H13N3O. The highest BCUT2D eigenvalue weighted by Crippen LogP contribution is 2.16. The zero-order valence-corrected chi connectivity index (χ0v) is 6.86. The van der Waals surface area contributed by atoms with Crippen molar-refractivity contribution in [2.45, 2.75) is 25.8 Å². The minimum atomic E-state index is -0.134. The van der Waals surface area contributed by atoms with Crippen molar-refractivity contribution in [3.63, 3.8) is 0 Å². The molecule has 1 aromatic rings. The third-order valence-electron chi connectivity index (χ3n) is 1.77. The highest BCUT2D eigenvalue weighted by Gasteiger charge is 2.19. The first-order valence-electron chi connectivity index (χ1n) is 3.64. The number of hydrogen-bond acceptors (Lipinski definition) is 3. The van der Waals surface area contributed by atoms with Crippen molar-refractivity contribution in [2.75, 3.05) is 6.61 Å². The van der Waals surface area contributed by atoms with E-state index in [1.165, 1.54) is 0 Å². The Balaban J connectivity index is 2.73. The summed E-state index contributed by atoms with van der Waals surface area (Å²) < 4.78 is 1.75. The van der Waals surface area contributed by atoms with Crippen LogP contribution in [0.25, 0.3) is 0 Å². The average Bonchev–Trinajstić information content (AvgIpc) is 2.37. The lowest BCUT2D eigenvalue weighted by Gasteiger charge is -2.22. The van der Waals surface area contributed by atoms with Crippen molar-refractivity contribution in [3.8, 4) is 0 Å². The Bertz CT molecular complexity index is 205. The van der Waals surface area contributed by atoms with Gasteiger partial charge in [-0.1, -0.05) is 5.21 Å². The Labute approximate surface area is 65.8 Å². The molecule has 4 nitrogen and oxygen atoms in total. The van der Waals surface area contributed by atoms with Gasteiger partial charge >= 0.3 is 0 Å². The van der Waals surface area contributed by atoms with Gasteiger partial charge in [0.25, 0.3) is 0 Å². The smallest absolute Gasteiger partial charge is 0.0693 e. The van der Waals surface area contributed by atoms with E-state index in [4.69, 9.17) is 5.11 Å². The first-order chi connectivity index (χ1) is 5.17. The van der Waals surface area contributed by atoms with Crippen molar-refractivity contribution in [1.82, 2.24) is 15.0 Å². The molecule has 11 heavy (non-hydrogen) atoms. The van der Waals surface area contributed by atoms with E-state index in [1.54, 1.807) is 17.1 Å². The van der Waals surface area contributed by atoms with Crippen molar-refractivity contribution < 1.29 is 5.11 Å². The molecule has 62 valence electrons. The molecule has 0 saturated carbocycles. The summed E-state index contributed by atoms with van der Waals surface area (Å²) in [5.41, 5.74) is -0.134. The van der Waals surface area contributed by atoms with Crippen molar-refractivity contribution in [1.29, 1.82) is 0 Å². The number of hydrogen-bond donors (Lipinski definition) is 1. The number of aliphatic hydroxyl groups is 1. The molecule has 0 aliphatic carbocycles. The summed E-state index contributed by atoms with van der Waals surface area (Å²) in [6.45, 7) is 4.20. The third-order valence-corrected chi connectivity index (χ3v) is 1.77. The van der Waals surface area contributed by atoms with Gasteiger partial charge in [-0.15, -0.1) is 5.10 Å². The fourth-order valence-electron chi connectivity index (χ4n) is 0.919. The molecule has 1 aromatic heterocycles. The first-order valence-corrected chi connectivity index (χ1v) is 3.64. The van der Waals surface area contributed by atoms with Crippen LogP contribution in [0, 0.1) is 0 Å². The van der Waals surface area contributed by atoms with E-state index in [1.807, 2.05) is 13.8 Å². The SMILES string of the molecule is CC(C)(CCO)n1ccnn1. The van der Waals surface area contributed by atoms with E-state index in [0.717, 1.165) is 0 Å². The van der Waals surface area contributed by atoms with Crippen LogP contribution in [0.1, 0.15) is 20.3 Å². The summed E-state index contributed by atoms with van der Waals surface area (Å²) >= 11 is 0. The highest BCUT2D eigenvalue weighted by atomic mass is 16.3. The molecule has 0 bridgehead atoms. The van der Waals surface area contributed by atoms with Gasteiger partial charge < -0.3 is 5.11 Å². The van der Waals surface area contributed by atoms with E-state index in [2.05, 4.69) is 10.3 Å². The van der Waals surface area contributed by atoms with Crippen LogP contribution >= 0.6 is 0 Å². The Morgan fingerprint density at radius 2 is 2.27 bits per heavy atom. The molecule has 0 radical (unpaired) electrons. The normalized spacial score (nSPS) is 11.9. The van der Waals surface area contributed by atoms with Gasteiger partial charge in [0.1, 0.15) is 0 Å². The number of aromatic nitrogens is 3. The van der Waals surface area contributed by atoms with Crippen LogP contribution in [0.15, 0.2) is 12.4 Å². The van der Waals surface area contributed by atoms with Gasteiger partial charge in [-0.05, 0) is 20.3 Å². The maximum atomic E-state index is 8.74. The van der Waals surface area contributed by atoms with Crippen molar-refractivity contribution in [3.05, 3.63) is 12.4 Å². The molecule has 0 unspecified atom stereocenters. The maximum Gasteiger partial charge on any atom is 0.0693 e. The summed E-state index contributed by atoms with van der Waals surface area (Å²) in [7, 11) is 0. The lowest BCUT2D eigenvalue weighted by atomic mass is 10.0. The zero-order chi connectivity index (χ0) is 8.32. The van der Waals surface area contributed by atoms with Gasteiger partial charge in [-0.3, -0.25) is 0 Å². The summed E-state index contributed by atoms with van der Waals surface area (Å²) in [4.78, 5) is 0. The second-order valence-corrected chi connectivity index (χ2v) is 3.13. The molecule has 0 spiro atoms. The van der Waals surface area contributed by atoms with Crippen molar-refractivity contribution >= 4 is 0 Å². The standard InChI is InChI=1S/C7H13N3O/c1-7(2,3-6-11)10-5-4-8-9-10/h4-5,11H,3,6H2,1-2H3. The van der Waals surface area contributed by atoms with Crippen LogP contribution in [0.3, 0.4) is 0 Å². The van der Waals surface area contributed by atoms with Crippen LogP contribution in [-0.2, 0) is 5.54 Å². The predicted molar refractivity (Wildman–Crippen MR) is 41.0 cm³/mol. The van der Waals surface area contributed by atoms with E-state index in [0.29, 0.717) is 6.42 Å². The van der Waals surface area contributed by atoms with Gasteiger partial charge in [0.05, 0.1) is 11.7 Å². The summed E-state index contributed by atoms with van der Waals surface area (Å²) in [5, 5.41) is 16.3. The van der Waals surface area contributed by atoms with Gasteiger partial charge in [0.15, 0.2) is 0 Å². The fraction of sp³-hybridized carbons (Fsp3) is 0.714. The molecule has 0 amide bonds. The fourth-order valence-corrected chi connectivity index (χ4v) is 0.919. The quantitative estimate of drug-likeness (QED) is 0.687. The van der Waals surface area contributed by atoms with Gasteiger partial charge in [-0.2, -0.15) is 0 Å². The molecule has 0 atom stereocenters. The van der Waals surface area contributed by atoms with Gasteiger partial charge in [0.2, 0.25) is 0 Å². The van der Waals surface area contributed by atoms with Crippen LogP contribution in [0.5, 0.6) is 0 Å². The minimum absolute atomic E-state index is 0.134. The Morgan fingerprint density at radius 3 is 2.73 bits per heavy atom. The highest BCUT2D eigenvalue weighted by molar-refractivity contribution is 4.78. The topological polar surface area (TPSA) is 50.9 Å². The van der Waals surface area contributed by atoms with E-state index in [9.17, 15) is 0 Å². The van der Waals surface area contributed by atoms with Crippen LogP contribution < -0.4 is 0 Å². The monoisotopic (exact) mass is 155 g/mol. The molecule has 4 heteroatoms. The summed E-state index contributed by atoms with van der Waals surface area (Å²) in [6, 6.07) is 0. The second-order valence-electron chi connectivity index (χ2n) is 3.13. The van der Waals surface area contributed by atoms with Crippen molar-refractivity contribution in [2.24, 2.45) is 0 Å². The molecule has 0 aliphatic heterocycles. The summed E-state index contributed by atoms with van der Waals surface area (Å²) in [6.07, 6.45) is 4.13. The average molecular weight is 155 g/mol. The minimum Gasteiger partial charge on any atom is -0.396 e. The predicted octanol–water partition coefficient (Wildman–Crippen LogP) is 0.396. The third kappa shape index (κ3) is 1.77. The maximum absolute atomic E-state index is 8.74. The second kappa shape index (κ2) is 3.00. The van der Waals surface area contributed by atoms with Gasteiger partial charge in [0, 0.05) is 12.8 Å². The largest absolute Gasteiger partial charge is 0.396 e. The summed E-state index contributed by atoms with van der Waals surface area (Å²) in [5.74, 6) is 0. The number of nitrogens with zero attached hydrogens (tertiary/aromatic N) is 3. The Hall–Kier alpha value is -0.900. The molecule has 0 saturated heterocycles. The van der Waals surface area contributed by atoms with Crippen LogP contribution in [-0.4, -0.2) is 26.7 Å².